The lowest BCUT2D eigenvalue weighted by Gasteiger charge is -2.18. The maximum absolute atomic E-state index is 6.19. The second-order valence-corrected chi connectivity index (χ2v) is 8.32. The number of benzene rings is 2. The summed E-state index contributed by atoms with van der Waals surface area (Å²) in [6.07, 6.45) is 0. The molecule has 0 unspecified atom stereocenters. The number of nitrogens with zero attached hydrogens (tertiary/aromatic N) is 1. The minimum Gasteiger partial charge on any atom is -0.330 e. The van der Waals surface area contributed by atoms with E-state index in [1.165, 1.54) is 16.9 Å². The molecule has 0 radical (unpaired) electrons. The molecule has 124 valence electrons. The smallest absolute Gasteiger partial charge is 0.187 e. The molecule has 1 heterocycles. The summed E-state index contributed by atoms with van der Waals surface area (Å²) in [5.74, 6) is 0. The summed E-state index contributed by atoms with van der Waals surface area (Å²) in [5, 5.41) is 7.30. The van der Waals surface area contributed by atoms with Crippen LogP contribution in [0.25, 0.3) is 11.3 Å². The Labute approximate surface area is 156 Å². The van der Waals surface area contributed by atoms with Crippen LogP contribution in [0.15, 0.2) is 47.8 Å². The standard InChI is InChI=1S/C19H18Cl2N2S/c1-19(2,3)13-6-4-12(5-7-13)17-11-24-18(23-17)22-16-10-14(20)8-9-15(16)21/h4-11H,1-3H3,(H,22,23). The zero-order valence-corrected chi connectivity index (χ0v) is 16.1. The van der Waals surface area contributed by atoms with Crippen LogP contribution >= 0.6 is 34.5 Å². The summed E-state index contributed by atoms with van der Waals surface area (Å²) in [6, 6.07) is 13.9. The monoisotopic (exact) mass is 376 g/mol. The lowest BCUT2D eigenvalue weighted by molar-refractivity contribution is 0.590. The summed E-state index contributed by atoms with van der Waals surface area (Å²) in [6.45, 7) is 6.63. The molecule has 0 atom stereocenters. The van der Waals surface area contributed by atoms with Gasteiger partial charge in [-0.3, -0.25) is 0 Å². The van der Waals surface area contributed by atoms with Crippen molar-refractivity contribution in [1.82, 2.24) is 4.98 Å². The number of nitrogens with one attached hydrogen (secondary N) is 1. The summed E-state index contributed by atoms with van der Waals surface area (Å²) >= 11 is 13.7. The molecule has 0 fully saturated rings. The number of aromatic nitrogens is 1. The fourth-order valence-corrected chi connectivity index (χ4v) is 3.38. The first-order valence-corrected chi connectivity index (χ1v) is 9.25. The van der Waals surface area contributed by atoms with Crippen molar-refractivity contribution in [3.63, 3.8) is 0 Å². The number of rotatable bonds is 3. The fraction of sp³-hybridized carbons (Fsp3) is 0.211. The van der Waals surface area contributed by atoms with Crippen molar-refractivity contribution in [1.29, 1.82) is 0 Å². The molecule has 0 bridgehead atoms. The molecule has 5 heteroatoms. The van der Waals surface area contributed by atoms with Gasteiger partial charge in [0.05, 0.1) is 16.4 Å². The minimum absolute atomic E-state index is 0.149. The van der Waals surface area contributed by atoms with Crippen LogP contribution in [0.4, 0.5) is 10.8 Å². The van der Waals surface area contributed by atoms with E-state index < -0.39 is 0 Å². The molecule has 24 heavy (non-hydrogen) atoms. The van der Waals surface area contributed by atoms with Crippen molar-refractivity contribution in [2.24, 2.45) is 0 Å². The lowest BCUT2D eigenvalue weighted by atomic mass is 9.86. The maximum Gasteiger partial charge on any atom is 0.187 e. The molecule has 3 aromatic rings. The SMILES string of the molecule is CC(C)(C)c1ccc(-c2csc(Nc3cc(Cl)ccc3Cl)n2)cc1. The second kappa shape index (κ2) is 6.75. The third-order valence-electron chi connectivity index (χ3n) is 3.72. The van der Waals surface area contributed by atoms with Gasteiger partial charge in [0.15, 0.2) is 5.13 Å². The molecular weight excluding hydrogens is 359 g/mol. The molecule has 0 aliphatic heterocycles. The third-order valence-corrected chi connectivity index (χ3v) is 5.04. The van der Waals surface area contributed by atoms with E-state index in [1.54, 1.807) is 18.2 Å². The van der Waals surface area contributed by atoms with Gasteiger partial charge in [0, 0.05) is 16.0 Å². The summed E-state index contributed by atoms with van der Waals surface area (Å²) in [5.41, 5.74) is 4.26. The van der Waals surface area contributed by atoms with Gasteiger partial charge in [0.2, 0.25) is 0 Å². The van der Waals surface area contributed by atoms with Crippen LogP contribution in [-0.4, -0.2) is 4.98 Å². The highest BCUT2D eigenvalue weighted by atomic mass is 35.5. The Kier molecular flexibility index (Phi) is 4.86. The van der Waals surface area contributed by atoms with Crippen LogP contribution in [0.5, 0.6) is 0 Å². The average Bonchev–Trinajstić information content (AvgIpc) is 2.99. The fourth-order valence-electron chi connectivity index (χ4n) is 2.31. The molecule has 0 aliphatic carbocycles. The maximum atomic E-state index is 6.19. The van der Waals surface area contributed by atoms with E-state index in [1.807, 2.05) is 5.38 Å². The number of thiazole rings is 1. The van der Waals surface area contributed by atoms with E-state index in [2.05, 4.69) is 55.3 Å². The van der Waals surface area contributed by atoms with Crippen molar-refractivity contribution < 1.29 is 0 Å². The normalized spacial score (nSPS) is 11.5. The van der Waals surface area contributed by atoms with Crippen molar-refractivity contribution >= 4 is 45.4 Å². The Morgan fingerprint density at radius 3 is 2.38 bits per heavy atom. The number of hydrogen-bond acceptors (Lipinski definition) is 3. The molecule has 2 nitrogen and oxygen atoms in total. The van der Waals surface area contributed by atoms with Gasteiger partial charge < -0.3 is 5.32 Å². The predicted octanol–water partition coefficient (Wildman–Crippen LogP) is 7.16. The van der Waals surface area contributed by atoms with Crippen LogP contribution in [0.2, 0.25) is 10.0 Å². The van der Waals surface area contributed by atoms with Gasteiger partial charge in [-0.05, 0) is 29.2 Å². The molecule has 0 saturated carbocycles. The molecule has 2 aromatic carbocycles. The molecule has 1 N–H and O–H groups in total. The molecule has 0 aliphatic rings. The highest BCUT2D eigenvalue weighted by molar-refractivity contribution is 7.14. The van der Waals surface area contributed by atoms with E-state index in [-0.39, 0.29) is 5.41 Å². The number of hydrogen-bond donors (Lipinski definition) is 1. The number of halogens is 2. The van der Waals surface area contributed by atoms with Gasteiger partial charge >= 0.3 is 0 Å². The Morgan fingerprint density at radius 1 is 1.00 bits per heavy atom. The Morgan fingerprint density at radius 2 is 1.71 bits per heavy atom. The van der Waals surface area contributed by atoms with Gasteiger partial charge in [-0.1, -0.05) is 68.2 Å². The van der Waals surface area contributed by atoms with Crippen LogP contribution in [0, 0.1) is 0 Å². The average molecular weight is 377 g/mol. The van der Waals surface area contributed by atoms with Gasteiger partial charge in [0.1, 0.15) is 0 Å². The highest BCUT2D eigenvalue weighted by Crippen LogP contribution is 2.32. The van der Waals surface area contributed by atoms with Crippen molar-refractivity contribution in [3.05, 3.63) is 63.5 Å². The molecule has 1 aromatic heterocycles. The van der Waals surface area contributed by atoms with Gasteiger partial charge in [-0.2, -0.15) is 0 Å². The van der Waals surface area contributed by atoms with Gasteiger partial charge in [-0.15, -0.1) is 11.3 Å². The van der Waals surface area contributed by atoms with E-state index in [4.69, 9.17) is 23.2 Å². The van der Waals surface area contributed by atoms with Gasteiger partial charge in [0.25, 0.3) is 0 Å². The quantitative estimate of drug-likeness (QED) is 0.524. The third kappa shape index (κ3) is 3.92. The highest BCUT2D eigenvalue weighted by Gasteiger charge is 2.14. The lowest BCUT2D eigenvalue weighted by Crippen LogP contribution is -2.10. The molecular formula is C19H18Cl2N2S. The minimum atomic E-state index is 0.149. The molecule has 0 saturated heterocycles. The van der Waals surface area contributed by atoms with E-state index in [0.717, 1.165) is 22.1 Å². The zero-order valence-electron chi connectivity index (χ0n) is 13.7. The summed E-state index contributed by atoms with van der Waals surface area (Å²) < 4.78 is 0. The predicted molar refractivity (Wildman–Crippen MR) is 106 cm³/mol. The summed E-state index contributed by atoms with van der Waals surface area (Å²) in [7, 11) is 0. The zero-order chi connectivity index (χ0) is 17.3. The Balaban J connectivity index is 1.82. The van der Waals surface area contributed by atoms with Crippen molar-refractivity contribution in [3.8, 4) is 11.3 Å². The van der Waals surface area contributed by atoms with E-state index >= 15 is 0 Å². The first-order chi connectivity index (χ1) is 11.3. The second-order valence-electron chi connectivity index (χ2n) is 6.61. The van der Waals surface area contributed by atoms with Crippen molar-refractivity contribution in [2.75, 3.05) is 5.32 Å². The van der Waals surface area contributed by atoms with Gasteiger partial charge in [-0.25, -0.2) is 4.98 Å². The molecule has 3 rings (SSSR count). The van der Waals surface area contributed by atoms with Crippen LogP contribution < -0.4 is 5.32 Å². The Bertz CT molecular complexity index is 849. The summed E-state index contributed by atoms with van der Waals surface area (Å²) in [4.78, 5) is 4.64. The first-order valence-electron chi connectivity index (χ1n) is 7.61. The van der Waals surface area contributed by atoms with E-state index in [0.29, 0.717) is 10.0 Å². The van der Waals surface area contributed by atoms with Crippen LogP contribution in [0.1, 0.15) is 26.3 Å². The van der Waals surface area contributed by atoms with Crippen LogP contribution in [-0.2, 0) is 5.41 Å². The van der Waals surface area contributed by atoms with E-state index in [9.17, 15) is 0 Å². The topological polar surface area (TPSA) is 24.9 Å². The van der Waals surface area contributed by atoms with Crippen LogP contribution in [0.3, 0.4) is 0 Å². The largest absolute Gasteiger partial charge is 0.330 e. The van der Waals surface area contributed by atoms with Crippen molar-refractivity contribution in [2.45, 2.75) is 26.2 Å². The first kappa shape index (κ1) is 17.3. The molecule has 0 amide bonds. The Hall–Kier alpha value is -1.55. The number of anilines is 2. The molecule has 0 spiro atoms.